The number of hydrogen-bond acceptors (Lipinski definition) is 4. The van der Waals surface area contributed by atoms with E-state index in [-0.39, 0.29) is 34.7 Å². The molecule has 0 radical (unpaired) electrons. The molecule has 4 aliphatic carbocycles. The van der Waals surface area contributed by atoms with E-state index in [0.717, 1.165) is 38.5 Å². The zero-order chi connectivity index (χ0) is 21.3. The van der Waals surface area contributed by atoms with Crippen molar-refractivity contribution in [1.82, 2.24) is 0 Å². The molecule has 0 amide bonds. The predicted molar refractivity (Wildman–Crippen MR) is 111 cm³/mol. The number of aliphatic carboxylic acids is 1. The van der Waals surface area contributed by atoms with Crippen molar-refractivity contribution in [3.63, 3.8) is 0 Å². The van der Waals surface area contributed by atoms with E-state index in [0.29, 0.717) is 49.2 Å². The number of carbonyl (C=O) groups excluding carboxylic acids is 2. The number of ether oxygens (including phenoxy) is 1. The van der Waals surface area contributed by atoms with Crippen molar-refractivity contribution in [2.45, 2.75) is 90.1 Å². The summed E-state index contributed by atoms with van der Waals surface area (Å²) in [6, 6.07) is 0. The van der Waals surface area contributed by atoms with E-state index >= 15 is 0 Å². The lowest BCUT2D eigenvalue weighted by atomic mass is 9.44. The van der Waals surface area contributed by atoms with Gasteiger partial charge < -0.3 is 9.84 Å². The van der Waals surface area contributed by atoms with Crippen LogP contribution in [0.4, 0.5) is 0 Å². The average Bonchev–Trinajstić information content (AvgIpc) is 3.21. The van der Waals surface area contributed by atoms with E-state index in [1.54, 1.807) is 0 Å². The Hall–Kier alpha value is -1.65. The molecule has 1 heterocycles. The summed E-state index contributed by atoms with van der Waals surface area (Å²) in [6.45, 7) is 4.71. The summed E-state index contributed by atoms with van der Waals surface area (Å²) in [5.41, 5.74) is 0.999. The maximum Gasteiger partial charge on any atom is 0.306 e. The van der Waals surface area contributed by atoms with Gasteiger partial charge in [-0.2, -0.15) is 0 Å². The maximum absolute atomic E-state index is 12.2. The van der Waals surface area contributed by atoms with Crippen molar-refractivity contribution >= 4 is 17.7 Å². The Morgan fingerprint density at radius 1 is 1.10 bits per heavy atom. The lowest BCUT2D eigenvalue weighted by molar-refractivity contribution is -0.169. The van der Waals surface area contributed by atoms with Crippen molar-refractivity contribution in [2.75, 3.05) is 0 Å². The smallest absolute Gasteiger partial charge is 0.306 e. The number of carboxylic acids is 1. The van der Waals surface area contributed by atoms with Crippen LogP contribution in [0.15, 0.2) is 11.6 Å². The Labute approximate surface area is 178 Å². The molecular formula is C25H34O5. The number of hydrogen-bond donors (Lipinski definition) is 1. The summed E-state index contributed by atoms with van der Waals surface area (Å²) in [6.07, 6.45) is 10.8. The van der Waals surface area contributed by atoms with Crippen LogP contribution in [0.5, 0.6) is 0 Å². The lowest BCUT2D eigenvalue weighted by Gasteiger charge is -2.60. The van der Waals surface area contributed by atoms with Gasteiger partial charge in [0.15, 0.2) is 0 Å². The van der Waals surface area contributed by atoms with Crippen molar-refractivity contribution < 1.29 is 24.2 Å². The summed E-state index contributed by atoms with van der Waals surface area (Å²) in [4.78, 5) is 35.7. The van der Waals surface area contributed by atoms with E-state index in [1.165, 1.54) is 5.57 Å². The zero-order valence-corrected chi connectivity index (χ0v) is 18.2. The van der Waals surface area contributed by atoms with E-state index in [2.05, 4.69) is 19.9 Å². The highest BCUT2D eigenvalue weighted by atomic mass is 16.6. The molecule has 4 fully saturated rings. The molecule has 5 nitrogen and oxygen atoms in total. The Kier molecular flexibility index (Phi) is 4.51. The molecule has 3 saturated carbocycles. The number of carbonyl (C=O) groups is 3. The molecule has 0 aromatic heterocycles. The normalized spacial score (nSPS) is 47.3. The van der Waals surface area contributed by atoms with Crippen LogP contribution in [-0.4, -0.2) is 28.4 Å². The van der Waals surface area contributed by atoms with Gasteiger partial charge in [-0.25, -0.2) is 0 Å². The highest BCUT2D eigenvalue weighted by Crippen LogP contribution is 2.70. The van der Waals surface area contributed by atoms with Gasteiger partial charge in [-0.15, -0.1) is 0 Å². The number of Topliss-reactive ketones (excluding diaryl/α,β-unsaturated/α-hetero) is 1. The molecule has 5 aliphatic rings. The van der Waals surface area contributed by atoms with Gasteiger partial charge in [0.1, 0.15) is 11.4 Å². The molecular weight excluding hydrogens is 380 g/mol. The lowest BCUT2D eigenvalue weighted by Crippen LogP contribution is -2.56. The molecule has 0 bridgehead atoms. The van der Waals surface area contributed by atoms with Crippen LogP contribution in [0, 0.1) is 34.5 Å². The van der Waals surface area contributed by atoms with Gasteiger partial charge in [0.05, 0.1) is 0 Å². The van der Waals surface area contributed by atoms with Crippen molar-refractivity contribution in [3.8, 4) is 0 Å². The van der Waals surface area contributed by atoms with Gasteiger partial charge >= 0.3 is 11.9 Å². The van der Waals surface area contributed by atoms with E-state index in [1.807, 2.05) is 0 Å². The minimum absolute atomic E-state index is 0.0199. The summed E-state index contributed by atoms with van der Waals surface area (Å²) in [5, 5.41) is 9.37. The third-order valence-corrected chi connectivity index (χ3v) is 10.1. The second-order valence-corrected chi connectivity index (χ2v) is 11.2. The molecule has 1 N–H and O–H groups in total. The first-order valence-corrected chi connectivity index (χ1v) is 11.9. The maximum atomic E-state index is 12.2. The number of allylic oxidation sites excluding steroid dienone is 2. The first-order valence-electron chi connectivity index (χ1n) is 11.9. The SMILES string of the molecule is CC12CCC(=O)CC1=C[C@@H](CCC(=O)O)C1C2CCC2(C)C1CC[C@@]21CCC(=O)O1. The highest BCUT2D eigenvalue weighted by molar-refractivity contribution is 5.82. The zero-order valence-electron chi connectivity index (χ0n) is 18.2. The number of esters is 1. The van der Waals surface area contributed by atoms with Gasteiger partial charge in [0.25, 0.3) is 0 Å². The first-order chi connectivity index (χ1) is 14.2. The standard InChI is InChI=1S/C25H34O5/c1-23-9-5-17(26)14-16(23)13-15(3-4-20(27)28)22-18(23)6-10-24(2)19(22)7-11-25(24)12-8-21(29)30-25/h13,15,18-19,22H,3-12,14H2,1-2H3,(H,27,28)/t15-,18?,19?,22?,23?,24?,25-/m1/s1. The third kappa shape index (κ3) is 2.69. The van der Waals surface area contributed by atoms with Gasteiger partial charge in [-0.05, 0) is 74.0 Å². The van der Waals surface area contributed by atoms with E-state index in [4.69, 9.17) is 4.74 Å². The van der Waals surface area contributed by atoms with Crippen LogP contribution in [0.3, 0.4) is 0 Å². The van der Waals surface area contributed by atoms with Gasteiger partial charge in [-0.1, -0.05) is 25.5 Å². The number of carboxylic acid groups (broad SMARTS) is 1. The first kappa shape index (κ1) is 20.3. The van der Waals surface area contributed by atoms with Gasteiger partial charge in [-0.3, -0.25) is 14.4 Å². The molecule has 7 atom stereocenters. The number of ketones is 1. The van der Waals surface area contributed by atoms with Crippen LogP contribution < -0.4 is 0 Å². The summed E-state index contributed by atoms with van der Waals surface area (Å²) in [7, 11) is 0. The van der Waals surface area contributed by atoms with Crippen LogP contribution in [0.1, 0.15) is 84.5 Å². The quantitative estimate of drug-likeness (QED) is 0.535. The summed E-state index contributed by atoms with van der Waals surface area (Å²) in [5.74, 6) is 1.10. The topological polar surface area (TPSA) is 80.7 Å². The highest BCUT2D eigenvalue weighted by Gasteiger charge is 2.67. The van der Waals surface area contributed by atoms with Crippen molar-refractivity contribution in [3.05, 3.63) is 11.6 Å². The minimum atomic E-state index is -0.746. The Morgan fingerprint density at radius 2 is 1.87 bits per heavy atom. The van der Waals surface area contributed by atoms with E-state index in [9.17, 15) is 19.5 Å². The average molecular weight is 415 g/mol. The number of fused-ring (bicyclic) bond motifs is 6. The molecule has 164 valence electrons. The van der Waals surface area contributed by atoms with Crippen molar-refractivity contribution in [1.29, 1.82) is 0 Å². The van der Waals surface area contributed by atoms with E-state index < -0.39 is 5.97 Å². The molecule has 5 unspecified atom stereocenters. The number of rotatable bonds is 3. The molecule has 5 heteroatoms. The van der Waals surface area contributed by atoms with Crippen LogP contribution >= 0.6 is 0 Å². The molecule has 0 aromatic carbocycles. The second-order valence-electron chi connectivity index (χ2n) is 11.2. The van der Waals surface area contributed by atoms with Crippen LogP contribution in [-0.2, 0) is 19.1 Å². The van der Waals surface area contributed by atoms with Crippen molar-refractivity contribution in [2.24, 2.45) is 34.5 Å². The van der Waals surface area contributed by atoms with Gasteiger partial charge in [0, 0.05) is 31.1 Å². The molecule has 1 saturated heterocycles. The fourth-order valence-electron chi connectivity index (χ4n) is 8.50. The monoisotopic (exact) mass is 414 g/mol. The molecule has 1 spiro atoms. The Balaban J connectivity index is 1.54. The Morgan fingerprint density at radius 3 is 2.57 bits per heavy atom. The van der Waals surface area contributed by atoms with Crippen LogP contribution in [0.25, 0.3) is 0 Å². The second kappa shape index (κ2) is 6.67. The fraction of sp³-hybridized carbons (Fsp3) is 0.800. The largest absolute Gasteiger partial charge is 0.481 e. The molecule has 0 aromatic rings. The molecule has 5 rings (SSSR count). The third-order valence-electron chi connectivity index (χ3n) is 10.1. The molecule has 1 aliphatic heterocycles. The minimum Gasteiger partial charge on any atom is -0.481 e. The predicted octanol–water partition coefficient (Wildman–Crippen LogP) is 4.69. The Bertz CT molecular complexity index is 829. The summed E-state index contributed by atoms with van der Waals surface area (Å²) >= 11 is 0. The van der Waals surface area contributed by atoms with Gasteiger partial charge in [0.2, 0.25) is 0 Å². The molecule has 30 heavy (non-hydrogen) atoms. The fourth-order valence-corrected chi connectivity index (χ4v) is 8.50. The summed E-state index contributed by atoms with van der Waals surface area (Å²) < 4.78 is 6.05. The van der Waals surface area contributed by atoms with Crippen LogP contribution in [0.2, 0.25) is 0 Å².